The minimum absolute atomic E-state index is 0.00430. The van der Waals surface area contributed by atoms with Gasteiger partial charge in [0.15, 0.2) is 0 Å². The molecule has 1 rings (SSSR count). The summed E-state index contributed by atoms with van der Waals surface area (Å²) in [5.41, 5.74) is 0.791. The normalized spacial score (nSPS) is 12.6. The van der Waals surface area contributed by atoms with Crippen LogP contribution in [-0.4, -0.2) is 29.2 Å². The Morgan fingerprint density at radius 1 is 1.29 bits per heavy atom. The van der Waals surface area contributed by atoms with Crippen molar-refractivity contribution in [3.63, 3.8) is 0 Å². The summed E-state index contributed by atoms with van der Waals surface area (Å²) in [6.45, 7) is 7.23. The predicted octanol–water partition coefficient (Wildman–Crippen LogP) is 3.02. The maximum atomic E-state index is 11.7. The number of aliphatic carboxylic acids is 1. The number of ether oxygens (including phenoxy) is 1. The van der Waals surface area contributed by atoms with E-state index in [0.29, 0.717) is 17.7 Å². The molecule has 1 aromatic carbocycles. The Morgan fingerprint density at radius 3 is 2.43 bits per heavy atom. The molecule has 0 saturated heterocycles. The van der Waals surface area contributed by atoms with E-state index in [1.807, 2.05) is 6.92 Å². The van der Waals surface area contributed by atoms with Crippen LogP contribution in [0.2, 0.25) is 0 Å². The molecule has 1 unspecified atom stereocenters. The van der Waals surface area contributed by atoms with Gasteiger partial charge in [0.2, 0.25) is 0 Å². The summed E-state index contributed by atoms with van der Waals surface area (Å²) in [6.07, 6.45) is 0.487. The summed E-state index contributed by atoms with van der Waals surface area (Å²) in [5, 5.41) is 12.2. The largest absolute Gasteiger partial charge is 0.481 e. The van der Waals surface area contributed by atoms with Crippen LogP contribution in [0.3, 0.4) is 0 Å². The Labute approximate surface area is 125 Å². The van der Waals surface area contributed by atoms with Crippen molar-refractivity contribution in [1.29, 1.82) is 0 Å². The van der Waals surface area contributed by atoms with E-state index in [1.54, 1.807) is 45.0 Å². The third-order valence-electron chi connectivity index (χ3n) is 2.89. The molecule has 0 fully saturated rings. The Bertz CT molecular complexity index is 505. The van der Waals surface area contributed by atoms with Gasteiger partial charge in [0.1, 0.15) is 12.1 Å². The minimum Gasteiger partial charge on any atom is -0.481 e. The van der Waals surface area contributed by atoms with Crippen LogP contribution in [0.5, 0.6) is 0 Å². The number of carbonyl (C=O) groups is 2. The van der Waals surface area contributed by atoms with Crippen LogP contribution in [0.15, 0.2) is 24.3 Å². The van der Waals surface area contributed by atoms with E-state index in [0.717, 1.165) is 0 Å². The standard InChI is InChI=1S/C16H23NO4/c1-5-11(15(19)20)12-8-6-7-9-13(12)17-10-14(18)21-16(2,3)4/h6-9,11,17H,5,10H2,1-4H3,(H,19,20). The van der Waals surface area contributed by atoms with Crippen molar-refractivity contribution in [3.05, 3.63) is 29.8 Å². The Kier molecular flexibility index (Phi) is 5.76. The molecule has 116 valence electrons. The Morgan fingerprint density at radius 2 is 1.90 bits per heavy atom. The topological polar surface area (TPSA) is 75.6 Å². The number of carboxylic acids is 1. The first kappa shape index (κ1) is 17.0. The van der Waals surface area contributed by atoms with E-state index in [2.05, 4.69) is 5.32 Å². The molecule has 0 aliphatic heterocycles. The summed E-state index contributed by atoms with van der Waals surface area (Å²) in [6, 6.07) is 7.13. The number of hydrogen-bond acceptors (Lipinski definition) is 4. The lowest BCUT2D eigenvalue weighted by Crippen LogP contribution is -2.28. The summed E-state index contributed by atoms with van der Waals surface area (Å²) in [4.78, 5) is 23.0. The molecule has 0 bridgehead atoms. The van der Waals surface area contributed by atoms with Crippen molar-refractivity contribution in [2.75, 3.05) is 11.9 Å². The SMILES string of the molecule is CCC(C(=O)O)c1ccccc1NCC(=O)OC(C)(C)C. The third-order valence-corrected chi connectivity index (χ3v) is 2.89. The summed E-state index contributed by atoms with van der Waals surface area (Å²) < 4.78 is 5.22. The van der Waals surface area contributed by atoms with Gasteiger partial charge in [-0.1, -0.05) is 25.1 Å². The smallest absolute Gasteiger partial charge is 0.325 e. The van der Waals surface area contributed by atoms with Crippen LogP contribution < -0.4 is 5.32 Å². The summed E-state index contributed by atoms with van der Waals surface area (Å²) in [7, 11) is 0. The number of rotatable bonds is 6. The van der Waals surface area contributed by atoms with Crippen LogP contribution in [-0.2, 0) is 14.3 Å². The highest BCUT2D eigenvalue weighted by Gasteiger charge is 2.21. The number of nitrogens with one attached hydrogen (secondary N) is 1. The molecular weight excluding hydrogens is 270 g/mol. The summed E-state index contributed by atoms with van der Waals surface area (Å²) >= 11 is 0. The zero-order valence-corrected chi connectivity index (χ0v) is 13.0. The Hall–Kier alpha value is -2.04. The van der Waals surface area contributed by atoms with Crippen LogP contribution >= 0.6 is 0 Å². The molecule has 0 saturated carbocycles. The molecule has 0 radical (unpaired) electrons. The first-order chi connectivity index (χ1) is 9.74. The van der Waals surface area contributed by atoms with Crippen molar-refractivity contribution in [3.8, 4) is 0 Å². The molecule has 0 spiro atoms. The zero-order chi connectivity index (χ0) is 16.0. The van der Waals surface area contributed by atoms with E-state index >= 15 is 0 Å². The van der Waals surface area contributed by atoms with Crippen molar-refractivity contribution in [2.45, 2.75) is 45.6 Å². The first-order valence-corrected chi connectivity index (χ1v) is 7.02. The second-order valence-electron chi connectivity index (χ2n) is 5.83. The average Bonchev–Trinajstić information content (AvgIpc) is 2.36. The number of benzene rings is 1. The van der Waals surface area contributed by atoms with Crippen LogP contribution in [0.1, 0.15) is 45.6 Å². The van der Waals surface area contributed by atoms with E-state index < -0.39 is 17.5 Å². The van der Waals surface area contributed by atoms with Gasteiger partial charge < -0.3 is 15.2 Å². The van der Waals surface area contributed by atoms with Gasteiger partial charge in [-0.15, -0.1) is 0 Å². The average molecular weight is 293 g/mol. The molecule has 0 aliphatic carbocycles. The monoisotopic (exact) mass is 293 g/mol. The zero-order valence-electron chi connectivity index (χ0n) is 13.0. The molecule has 1 aromatic rings. The van der Waals surface area contributed by atoms with E-state index in [-0.39, 0.29) is 12.5 Å². The molecular formula is C16H23NO4. The van der Waals surface area contributed by atoms with Gasteiger partial charge in [0.05, 0.1) is 5.92 Å². The van der Waals surface area contributed by atoms with Crippen molar-refractivity contribution < 1.29 is 19.4 Å². The van der Waals surface area contributed by atoms with Crippen LogP contribution in [0.25, 0.3) is 0 Å². The lowest BCUT2D eigenvalue weighted by Gasteiger charge is -2.21. The van der Waals surface area contributed by atoms with Gasteiger partial charge in [-0.25, -0.2) is 0 Å². The second-order valence-corrected chi connectivity index (χ2v) is 5.83. The molecule has 2 N–H and O–H groups in total. The molecule has 0 amide bonds. The number of carboxylic acid groups (broad SMARTS) is 1. The number of para-hydroxylation sites is 1. The van der Waals surface area contributed by atoms with Gasteiger partial charge in [-0.3, -0.25) is 9.59 Å². The fourth-order valence-electron chi connectivity index (χ4n) is 2.03. The van der Waals surface area contributed by atoms with Crippen molar-refractivity contribution >= 4 is 17.6 Å². The highest BCUT2D eigenvalue weighted by molar-refractivity contribution is 5.80. The molecule has 5 nitrogen and oxygen atoms in total. The minimum atomic E-state index is -0.871. The molecule has 21 heavy (non-hydrogen) atoms. The molecule has 0 aromatic heterocycles. The number of esters is 1. The fraction of sp³-hybridized carbons (Fsp3) is 0.500. The van der Waals surface area contributed by atoms with Crippen LogP contribution in [0.4, 0.5) is 5.69 Å². The molecule has 0 heterocycles. The lowest BCUT2D eigenvalue weighted by atomic mass is 9.95. The van der Waals surface area contributed by atoms with Crippen LogP contribution in [0, 0.1) is 0 Å². The number of carbonyl (C=O) groups excluding carboxylic acids is 1. The maximum Gasteiger partial charge on any atom is 0.325 e. The third kappa shape index (κ3) is 5.45. The number of hydrogen-bond donors (Lipinski definition) is 2. The van der Waals surface area contributed by atoms with E-state index in [4.69, 9.17) is 4.74 Å². The molecule has 0 aliphatic rings. The van der Waals surface area contributed by atoms with Gasteiger partial charge in [-0.05, 0) is 38.8 Å². The summed E-state index contributed by atoms with van der Waals surface area (Å²) in [5.74, 6) is -1.84. The highest BCUT2D eigenvalue weighted by atomic mass is 16.6. The fourth-order valence-corrected chi connectivity index (χ4v) is 2.03. The van der Waals surface area contributed by atoms with Gasteiger partial charge >= 0.3 is 11.9 Å². The first-order valence-electron chi connectivity index (χ1n) is 7.02. The van der Waals surface area contributed by atoms with Crippen molar-refractivity contribution in [2.24, 2.45) is 0 Å². The van der Waals surface area contributed by atoms with Gasteiger partial charge in [-0.2, -0.15) is 0 Å². The quantitative estimate of drug-likeness (QED) is 0.788. The molecule has 5 heteroatoms. The Balaban J connectivity index is 2.80. The van der Waals surface area contributed by atoms with Gasteiger partial charge in [0, 0.05) is 5.69 Å². The van der Waals surface area contributed by atoms with Crippen molar-refractivity contribution in [1.82, 2.24) is 0 Å². The van der Waals surface area contributed by atoms with E-state index in [9.17, 15) is 14.7 Å². The lowest BCUT2D eigenvalue weighted by molar-refractivity contribution is -0.152. The second kappa shape index (κ2) is 7.11. The predicted molar refractivity (Wildman–Crippen MR) is 81.4 cm³/mol. The van der Waals surface area contributed by atoms with Gasteiger partial charge in [0.25, 0.3) is 0 Å². The maximum absolute atomic E-state index is 11.7. The van der Waals surface area contributed by atoms with E-state index in [1.165, 1.54) is 0 Å². The highest BCUT2D eigenvalue weighted by Crippen LogP contribution is 2.27. The number of anilines is 1. The molecule has 1 atom stereocenters.